The molecule has 0 spiro atoms. The maximum Gasteiger partial charge on any atom is 0.573 e. The number of aryl methyl sites for hydroxylation is 1. The van der Waals surface area contributed by atoms with E-state index < -0.39 is 6.36 Å². The Morgan fingerprint density at radius 1 is 1.00 bits per heavy atom. The number of hydrogen-bond acceptors (Lipinski definition) is 1. The highest BCUT2D eigenvalue weighted by Crippen LogP contribution is 2.35. The minimum atomic E-state index is -4.73. The fourth-order valence-electron chi connectivity index (χ4n) is 2.74. The topological polar surface area (TPSA) is 9.23 Å². The molecule has 0 saturated heterocycles. The second-order valence-electron chi connectivity index (χ2n) is 6.57. The van der Waals surface area contributed by atoms with E-state index in [1.54, 1.807) is 12.1 Å². The Hall–Kier alpha value is -1.68. The first-order valence-electron chi connectivity index (χ1n) is 8.29. The highest BCUT2D eigenvalue weighted by Gasteiger charge is 2.32. The molecule has 2 rings (SSSR count). The summed E-state index contributed by atoms with van der Waals surface area (Å²) >= 11 is 5.82. The van der Waals surface area contributed by atoms with Crippen LogP contribution in [0.3, 0.4) is 0 Å². The molecule has 136 valence electrons. The summed E-state index contributed by atoms with van der Waals surface area (Å²) < 4.78 is 42.0. The molecular weight excluding hydrogens is 349 g/mol. The fraction of sp³-hybridized carbons (Fsp3) is 0.400. The first-order valence-corrected chi connectivity index (χ1v) is 8.67. The Morgan fingerprint density at radius 2 is 1.64 bits per heavy atom. The van der Waals surface area contributed by atoms with Gasteiger partial charge in [0.2, 0.25) is 0 Å². The minimum absolute atomic E-state index is 0.0839. The molecule has 1 nitrogen and oxygen atoms in total. The molecule has 0 radical (unpaired) electrons. The van der Waals surface area contributed by atoms with Crippen molar-refractivity contribution in [2.45, 2.75) is 51.8 Å². The van der Waals surface area contributed by atoms with Gasteiger partial charge >= 0.3 is 6.36 Å². The summed E-state index contributed by atoms with van der Waals surface area (Å²) in [5.74, 6) is 0.172. The van der Waals surface area contributed by atoms with Gasteiger partial charge in [0.25, 0.3) is 0 Å². The lowest BCUT2D eigenvalue weighted by Crippen LogP contribution is -2.18. The minimum Gasteiger partial charge on any atom is -0.405 e. The first-order chi connectivity index (χ1) is 11.7. The van der Waals surface area contributed by atoms with E-state index in [2.05, 4.69) is 42.8 Å². The van der Waals surface area contributed by atoms with Crippen molar-refractivity contribution >= 4 is 11.6 Å². The van der Waals surface area contributed by atoms with Crippen LogP contribution in [-0.2, 0) is 6.42 Å². The number of benzene rings is 2. The number of ether oxygens (including phenoxy) is 1. The smallest absolute Gasteiger partial charge is 0.405 e. The summed E-state index contributed by atoms with van der Waals surface area (Å²) in [6.07, 6.45) is -3.23. The zero-order chi connectivity index (χ0) is 18.6. The largest absolute Gasteiger partial charge is 0.573 e. The van der Waals surface area contributed by atoms with Gasteiger partial charge in [0.15, 0.2) is 0 Å². The number of hydrogen-bond donors (Lipinski definition) is 0. The standard InChI is InChI=1S/C20H22ClF3O/c1-13(2)16-8-6-15(7-9-16)5-4-14(3)18-11-10-17(21)12-19(18)25-20(22,23)24/h6-14H,4-5H2,1-3H3. The van der Waals surface area contributed by atoms with Gasteiger partial charge in [-0.1, -0.05) is 62.7 Å². The average Bonchev–Trinajstić information content (AvgIpc) is 2.51. The number of halogens is 4. The molecule has 1 unspecified atom stereocenters. The van der Waals surface area contributed by atoms with Crippen LogP contribution in [0.2, 0.25) is 5.02 Å². The molecule has 0 bridgehead atoms. The SMILES string of the molecule is CC(C)c1ccc(CCC(C)c2ccc(Cl)cc2OC(F)(F)F)cc1. The molecule has 0 heterocycles. The molecule has 0 N–H and O–H groups in total. The molecule has 0 aliphatic rings. The average molecular weight is 371 g/mol. The molecule has 0 aromatic heterocycles. The third-order valence-corrected chi connectivity index (χ3v) is 4.48. The molecule has 0 fully saturated rings. The van der Waals surface area contributed by atoms with Crippen LogP contribution in [0.25, 0.3) is 0 Å². The molecule has 0 aliphatic carbocycles. The Morgan fingerprint density at radius 3 is 2.20 bits per heavy atom. The highest BCUT2D eigenvalue weighted by atomic mass is 35.5. The summed E-state index contributed by atoms with van der Waals surface area (Å²) in [5.41, 5.74) is 2.96. The van der Waals surface area contributed by atoms with Gasteiger partial charge < -0.3 is 4.74 Å². The van der Waals surface area contributed by atoms with Crippen molar-refractivity contribution < 1.29 is 17.9 Å². The quantitative estimate of drug-likeness (QED) is 0.527. The third kappa shape index (κ3) is 5.96. The molecule has 0 saturated carbocycles. The summed E-state index contributed by atoms with van der Waals surface area (Å²) in [6.45, 7) is 6.18. The highest BCUT2D eigenvalue weighted by molar-refractivity contribution is 6.30. The molecule has 2 aromatic carbocycles. The van der Waals surface area contributed by atoms with Crippen LogP contribution in [0, 0.1) is 0 Å². The summed E-state index contributed by atoms with van der Waals surface area (Å²) in [5, 5.41) is 0.222. The van der Waals surface area contributed by atoms with Gasteiger partial charge in [-0.15, -0.1) is 13.2 Å². The van der Waals surface area contributed by atoms with Crippen molar-refractivity contribution in [1.29, 1.82) is 0 Å². The van der Waals surface area contributed by atoms with Gasteiger partial charge in [-0.05, 0) is 53.5 Å². The van der Waals surface area contributed by atoms with Crippen LogP contribution >= 0.6 is 11.6 Å². The van der Waals surface area contributed by atoms with Gasteiger partial charge in [-0.3, -0.25) is 0 Å². The van der Waals surface area contributed by atoms with Crippen LogP contribution < -0.4 is 4.74 Å². The maximum absolute atomic E-state index is 12.6. The molecule has 5 heteroatoms. The van der Waals surface area contributed by atoms with Crippen molar-refractivity contribution in [2.75, 3.05) is 0 Å². The molecule has 0 aliphatic heterocycles. The van der Waals surface area contributed by atoms with Gasteiger partial charge in [0.1, 0.15) is 5.75 Å². The fourth-order valence-corrected chi connectivity index (χ4v) is 2.90. The maximum atomic E-state index is 12.6. The normalized spacial score (nSPS) is 13.1. The van der Waals surface area contributed by atoms with Crippen LogP contribution in [0.5, 0.6) is 5.75 Å². The van der Waals surface area contributed by atoms with Crippen molar-refractivity contribution in [3.8, 4) is 5.75 Å². The van der Waals surface area contributed by atoms with Crippen LogP contribution in [-0.4, -0.2) is 6.36 Å². The van der Waals surface area contributed by atoms with Gasteiger partial charge in [-0.25, -0.2) is 0 Å². The van der Waals surface area contributed by atoms with E-state index >= 15 is 0 Å². The zero-order valence-corrected chi connectivity index (χ0v) is 15.3. The second kappa shape index (κ2) is 8.13. The first kappa shape index (κ1) is 19.6. The molecule has 25 heavy (non-hydrogen) atoms. The number of rotatable bonds is 6. The molecule has 2 aromatic rings. The zero-order valence-electron chi connectivity index (χ0n) is 14.5. The Kier molecular flexibility index (Phi) is 6.39. The second-order valence-corrected chi connectivity index (χ2v) is 7.00. The van der Waals surface area contributed by atoms with Gasteiger partial charge in [0, 0.05) is 5.02 Å². The van der Waals surface area contributed by atoms with E-state index in [1.807, 2.05) is 6.92 Å². The Balaban J connectivity index is 2.08. The lowest BCUT2D eigenvalue weighted by Gasteiger charge is -2.18. The lowest BCUT2D eigenvalue weighted by atomic mass is 9.92. The third-order valence-electron chi connectivity index (χ3n) is 4.24. The lowest BCUT2D eigenvalue weighted by molar-refractivity contribution is -0.274. The van der Waals surface area contributed by atoms with E-state index in [4.69, 9.17) is 11.6 Å². The van der Waals surface area contributed by atoms with E-state index in [9.17, 15) is 13.2 Å². The monoisotopic (exact) mass is 370 g/mol. The van der Waals surface area contributed by atoms with Crippen molar-refractivity contribution in [3.63, 3.8) is 0 Å². The van der Waals surface area contributed by atoms with Gasteiger partial charge in [-0.2, -0.15) is 0 Å². The van der Waals surface area contributed by atoms with Crippen LogP contribution in [0.4, 0.5) is 13.2 Å². The van der Waals surface area contributed by atoms with Crippen molar-refractivity contribution in [3.05, 3.63) is 64.2 Å². The van der Waals surface area contributed by atoms with E-state index in [-0.39, 0.29) is 16.7 Å². The predicted octanol–water partition coefficient (Wildman–Crippen LogP) is 7.10. The predicted molar refractivity (Wildman–Crippen MR) is 95.4 cm³/mol. The Bertz CT molecular complexity index is 693. The van der Waals surface area contributed by atoms with Crippen LogP contribution in [0.15, 0.2) is 42.5 Å². The Labute approximate surface area is 151 Å². The van der Waals surface area contributed by atoms with E-state index in [1.165, 1.54) is 17.2 Å². The van der Waals surface area contributed by atoms with Crippen molar-refractivity contribution in [2.24, 2.45) is 0 Å². The molecule has 1 atom stereocenters. The summed E-state index contributed by atoms with van der Waals surface area (Å²) in [7, 11) is 0. The summed E-state index contributed by atoms with van der Waals surface area (Å²) in [4.78, 5) is 0. The number of alkyl halides is 3. The van der Waals surface area contributed by atoms with Crippen LogP contribution in [0.1, 0.15) is 55.7 Å². The van der Waals surface area contributed by atoms with Gasteiger partial charge in [0.05, 0.1) is 0 Å². The van der Waals surface area contributed by atoms with E-state index in [0.717, 1.165) is 12.8 Å². The summed E-state index contributed by atoms with van der Waals surface area (Å²) in [6, 6.07) is 12.8. The van der Waals surface area contributed by atoms with E-state index in [0.29, 0.717) is 11.5 Å². The van der Waals surface area contributed by atoms with Crippen molar-refractivity contribution in [1.82, 2.24) is 0 Å². The molecular formula is C20H22ClF3O. The molecule has 0 amide bonds.